The van der Waals surface area contributed by atoms with Gasteiger partial charge in [0.15, 0.2) is 9.84 Å². The summed E-state index contributed by atoms with van der Waals surface area (Å²) in [6.07, 6.45) is -1.51. The van der Waals surface area contributed by atoms with Gasteiger partial charge in [-0.2, -0.15) is 0 Å². The fourth-order valence-corrected chi connectivity index (χ4v) is 4.61. The second-order valence-electron chi connectivity index (χ2n) is 7.06. The third-order valence-corrected chi connectivity index (χ3v) is 6.51. The number of amides is 2. The maximum absolute atomic E-state index is 13.0. The third-order valence-electron chi connectivity index (χ3n) is 4.77. The van der Waals surface area contributed by atoms with Crippen molar-refractivity contribution in [1.29, 1.82) is 0 Å². The Balaban J connectivity index is 1.82. The minimum absolute atomic E-state index is 0.122. The van der Waals surface area contributed by atoms with Crippen LogP contribution < -0.4 is 10.2 Å². The zero-order valence-electron chi connectivity index (χ0n) is 17.4. The lowest BCUT2D eigenvalue weighted by Crippen LogP contribution is -2.51. The number of ether oxygens (including phenoxy) is 1. The molecule has 0 spiro atoms. The molecule has 0 radical (unpaired) electrons. The molecule has 3 aromatic carbocycles. The normalized spacial score (nSPS) is 11.9. The molecular weight excluding hydrogens is 448 g/mol. The van der Waals surface area contributed by atoms with E-state index in [4.69, 9.17) is 9.94 Å². The van der Waals surface area contributed by atoms with Crippen LogP contribution in [-0.2, 0) is 21.2 Å². The molecule has 0 aromatic heterocycles. The lowest BCUT2D eigenvalue weighted by Gasteiger charge is -2.27. The van der Waals surface area contributed by atoms with Gasteiger partial charge in [-0.25, -0.2) is 18.7 Å². The van der Waals surface area contributed by atoms with Crippen molar-refractivity contribution < 1.29 is 33.1 Å². The average Bonchev–Trinajstić information content (AvgIpc) is 2.82. The molecular formula is C23H22N2O7S. The summed E-state index contributed by atoms with van der Waals surface area (Å²) in [6.45, 7) is -0.242. The van der Waals surface area contributed by atoms with E-state index in [0.29, 0.717) is 22.0 Å². The van der Waals surface area contributed by atoms with E-state index in [1.807, 2.05) is 6.07 Å². The highest BCUT2D eigenvalue weighted by Crippen LogP contribution is 2.24. The maximum Gasteiger partial charge on any atom is 0.408 e. The number of para-hydroxylation sites is 1. The van der Waals surface area contributed by atoms with E-state index in [2.05, 4.69) is 0 Å². The molecule has 33 heavy (non-hydrogen) atoms. The predicted octanol–water partition coefficient (Wildman–Crippen LogP) is 3.31. The maximum atomic E-state index is 13.0. The number of sulfone groups is 1. The van der Waals surface area contributed by atoms with Gasteiger partial charge in [0.25, 0.3) is 5.91 Å². The molecule has 0 fully saturated rings. The lowest BCUT2D eigenvalue weighted by atomic mass is 10.2. The number of benzene rings is 3. The summed E-state index contributed by atoms with van der Waals surface area (Å²) in [5.41, 5.74) is 1.92. The van der Waals surface area contributed by atoms with Crippen molar-refractivity contribution in [3.8, 4) is 11.5 Å². The molecule has 1 atom stereocenters. The number of hydrogen-bond donors (Lipinski definition) is 3. The first-order valence-electron chi connectivity index (χ1n) is 9.83. The van der Waals surface area contributed by atoms with Crippen molar-refractivity contribution >= 4 is 21.8 Å². The summed E-state index contributed by atoms with van der Waals surface area (Å²) >= 11 is 0. The van der Waals surface area contributed by atoms with Crippen molar-refractivity contribution in [3.05, 3.63) is 90.5 Å². The SMILES string of the molecule is O=C(NO)C(CS(=O)(=O)c1ccc(Oc2ccccc2)cc1)N(Cc1ccccc1)C(=O)O. The first-order valence-corrected chi connectivity index (χ1v) is 11.5. The molecule has 0 saturated heterocycles. The van der Waals surface area contributed by atoms with Crippen LogP contribution in [0.15, 0.2) is 89.8 Å². The number of nitrogens with one attached hydrogen (secondary N) is 1. The summed E-state index contributed by atoms with van der Waals surface area (Å²) in [4.78, 5) is 24.7. The van der Waals surface area contributed by atoms with E-state index >= 15 is 0 Å². The topological polar surface area (TPSA) is 133 Å². The summed E-state index contributed by atoms with van der Waals surface area (Å²) in [5, 5.41) is 18.8. The van der Waals surface area contributed by atoms with E-state index < -0.39 is 33.6 Å². The highest BCUT2D eigenvalue weighted by molar-refractivity contribution is 7.91. The van der Waals surface area contributed by atoms with Gasteiger partial charge in [-0.05, 0) is 42.0 Å². The quantitative estimate of drug-likeness (QED) is 0.323. The van der Waals surface area contributed by atoms with Crippen LogP contribution in [0.2, 0.25) is 0 Å². The van der Waals surface area contributed by atoms with E-state index in [9.17, 15) is 23.1 Å². The van der Waals surface area contributed by atoms with Gasteiger partial charge in [0.1, 0.15) is 17.5 Å². The molecule has 3 N–H and O–H groups in total. The number of hydrogen-bond acceptors (Lipinski definition) is 6. The summed E-state index contributed by atoms with van der Waals surface area (Å²) in [6, 6.07) is 21.2. The first kappa shape index (κ1) is 23.8. The van der Waals surface area contributed by atoms with Crippen LogP contribution in [-0.4, -0.2) is 47.4 Å². The molecule has 0 heterocycles. The first-order chi connectivity index (χ1) is 15.8. The molecule has 172 valence electrons. The number of carbonyl (C=O) groups excluding carboxylic acids is 1. The Morgan fingerprint density at radius 2 is 1.42 bits per heavy atom. The zero-order valence-corrected chi connectivity index (χ0v) is 18.2. The van der Waals surface area contributed by atoms with Crippen LogP contribution in [0, 0.1) is 0 Å². The highest BCUT2D eigenvalue weighted by Gasteiger charge is 2.35. The van der Waals surface area contributed by atoms with Crippen LogP contribution in [0.5, 0.6) is 11.5 Å². The highest BCUT2D eigenvalue weighted by atomic mass is 32.2. The van der Waals surface area contributed by atoms with Gasteiger partial charge in [0, 0.05) is 6.54 Å². The molecule has 10 heteroatoms. The minimum Gasteiger partial charge on any atom is -0.465 e. The number of nitrogens with zero attached hydrogens (tertiary/aromatic N) is 1. The molecule has 3 rings (SSSR count). The molecule has 0 aliphatic heterocycles. The Bertz CT molecular complexity index is 1180. The number of carbonyl (C=O) groups is 2. The van der Waals surface area contributed by atoms with Gasteiger partial charge in [-0.15, -0.1) is 0 Å². The Labute approximate surface area is 190 Å². The van der Waals surface area contributed by atoms with Crippen LogP contribution in [0.4, 0.5) is 4.79 Å². The summed E-state index contributed by atoms with van der Waals surface area (Å²) in [5.74, 6) is -1.04. The van der Waals surface area contributed by atoms with Gasteiger partial charge in [-0.3, -0.25) is 14.9 Å². The molecule has 0 bridgehead atoms. The molecule has 0 saturated carbocycles. The van der Waals surface area contributed by atoms with E-state index in [-0.39, 0.29) is 11.4 Å². The van der Waals surface area contributed by atoms with Gasteiger partial charge in [0.05, 0.1) is 10.6 Å². The molecule has 0 aliphatic carbocycles. The summed E-state index contributed by atoms with van der Waals surface area (Å²) < 4.78 is 31.6. The second-order valence-corrected chi connectivity index (χ2v) is 9.09. The van der Waals surface area contributed by atoms with Crippen LogP contribution >= 0.6 is 0 Å². The minimum atomic E-state index is -4.11. The molecule has 1 unspecified atom stereocenters. The van der Waals surface area contributed by atoms with Crippen molar-refractivity contribution in [2.24, 2.45) is 0 Å². The van der Waals surface area contributed by atoms with Crippen molar-refractivity contribution in [1.82, 2.24) is 10.4 Å². The van der Waals surface area contributed by atoms with Crippen LogP contribution in [0.1, 0.15) is 5.56 Å². The lowest BCUT2D eigenvalue weighted by molar-refractivity contribution is -0.133. The average molecular weight is 471 g/mol. The second kappa shape index (κ2) is 10.6. The van der Waals surface area contributed by atoms with Gasteiger partial charge >= 0.3 is 6.09 Å². The van der Waals surface area contributed by atoms with Crippen molar-refractivity contribution in [3.63, 3.8) is 0 Å². The monoisotopic (exact) mass is 470 g/mol. The fraction of sp³-hybridized carbons (Fsp3) is 0.130. The largest absolute Gasteiger partial charge is 0.465 e. The Hall–Kier alpha value is -3.89. The fourth-order valence-electron chi connectivity index (χ4n) is 3.12. The zero-order chi connectivity index (χ0) is 23.8. The molecule has 9 nitrogen and oxygen atoms in total. The Kier molecular flexibility index (Phi) is 7.65. The standard InChI is InChI=1S/C23H22N2O7S/c26-22(24-29)21(25(23(27)28)15-17-7-3-1-4-8-17)16-33(30,31)20-13-11-19(12-14-20)32-18-9-5-2-6-10-18/h1-14,21,29H,15-16H2,(H,24,26)(H,27,28). The van der Waals surface area contributed by atoms with Gasteiger partial charge in [-0.1, -0.05) is 48.5 Å². The molecule has 0 aliphatic rings. The molecule has 3 aromatic rings. The Morgan fingerprint density at radius 1 is 0.879 bits per heavy atom. The number of carboxylic acid groups (broad SMARTS) is 1. The number of hydroxylamine groups is 1. The summed E-state index contributed by atoms with van der Waals surface area (Å²) in [7, 11) is -4.11. The van der Waals surface area contributed by atoms with Crippen LogP contribution in [0.25, 0.3) is 0 Å². The van der Waals surface area contributed by atoms with Crippen molar-refractivity contribution in [2.45, 2.75) is 17.5 Å². The van der Waals surface area contributed by atoms with Gasteiger partial charge < -0.3 is 9.84 Å². The van der Waals surface area contributed by atoms with Gasteiger partial charge in [0.2, 0.25) is 0 Å². The van der Waals surface area contributed by atoms with Crippen molar-refractivity contribution in [2.75, 3.05) is 5.75 Å². The smallest absolute Gasteiger partial charge is 0.408 e. The third kappa shape index (κ3) is 6.31. The van der Waals surface area contributed by atoms with E-state index in [1.54, 1.807) is 54.6 Å². The predicted molar refractivity (Wildman–Crippen MR) is 119 cm³/mol. The van der Waals surface area contributed by atoms with Crippen LogP contribution in [0.3, 0.4) is 0 Å². The molecule has 2 amide bonds. The number of rotatable bonds is 9. The Morgan fingerprint density at radius 3 is 1.97 bits per heavy atom. The van der Waals surface area contributed by atoms with E-state index in [0.717, 1.165) is 0 Å². The van der Waals surface area contributed by atoms with E-state index in [1.165, 1.54) is 29.7 Å².